The number of amides is 1. The van der Waals surface area contributed by atoms with Crippen LogP contribution in [0.5, 0.6) is 0 Å². The van der Waals surface area contributed by atoms with E-state index < -0.39 is 0 Å². The second kappa shape index (κ2) is 7.25. The van der Waals surface area contributed by atoms with Gasteiger partial charge in [-0.2, -0.15) is 5.10 Å². The number of aromatic nitrogens is 2. The maximum Gasteiger partial charge on any atom is 0.270 e. The lowest BCUT2D eigenvalue weighted by Crippen LogP contribution is -2.23. The van der Waals surface area contributed by atoms with Crippen LogP contribution in [-0.2, 0) is 0 Å². The van der Waals surface area contributed by atoms with Crippen LogP contribution in [-0.4, -0.2) is 22.6 Å². The third-order valence-electron chi connectivity index (χ3n) is 3.33. The van der Waals surface area contributed by atoms with Gasteiger partial charge in [0, 0.05) is 5.56 Å². The van der Waals surface area contributed by atoms with Crippen molar-refractivity contribution in [3.8, 4) is 23.1 Å². The maximum atomic E-state index is 13.4. The molecule has 3 rings (SSSR count). The summed E-state index contributed by atoms with van der Waals surface area (Å²) in [5.74, 6) is 4.72. The van der Waals surface area contributed by atoms with E-state index in [0.29, 0.717) is 17.0 Å². The number of carbonyl (C=O) groups excluding carboxylic acids is 1. The Kier molecular flexibility index (Phi) is 4.68. The smallest absolute Gasteiger partial charge is 0.270 e. The highest BCUT2D eigenvalue weighted by atomic mass is 19.1. The summed E-state index contributed by atoms with van der Waals surface area (Å²) in [4.78, 5) is 12.0. The first-order chi connectivity index (χ1) is 11.7. The molecule has 1 heterocycles. The molecule has 0 aliphatic heterocycles. The van der Waals surface area contributed by atoms with Gasteiger partial charge in [-0.05, 0) is 18.2 Å². The lowest BCUT2D eigenvalue weighted by Gasteiger charge is -1.97. The second-order valence-electron chi connectivity index (χ2n) is 5.00. The lowest BCUT2D eigenvalue weighted by atomic mass is 10.1. The molecule has 0 fully saturated rings. The first-order valence-corrected chi connectivity index (χ1v) is 7.36. The van der Waals surface area contributed by atoms with E-state index in [0.717, 1.165) is 5.56 Å². The molecule has 0 unspecified atom stereocenters. The molecule has 0 saturated carbocycles. The number of rotatable bonds is 3. The van der Waals surface area contributed by atoms with Gasteiger partial charge in [-0.15, -0.1) is 0 Å². The number of H-pyrrole nitrogens is 1. The molecule has 0 aliphatic rings. The van der Waals surface area contributed by atoms with Crippen molar-refractivity contribution >= 4 is 5.91 Å². The van der Waals surface area contributed by atoms with Crippen molar-refractivity contribution in [3.05, 3.63) is 77.7 Å². The van der Waals surface area contributed by atoms with Crippen LogP contribution in [0.3, 0.4) is 0 Å². The SMILES string of the molecule is O=C(NCC#Cc1ccccc1F)c1cc(-c2ccccc2)n[nH]1. The van der Waals surface area contributed by atoms with E-state index in [1.54, 1.807) is 24.3 Å². The van der Waals surface area contributed by atoms with Crippen molar-refractivity contribution in [3.63, 3.8) is 0 Å². The fourth-order valence-electron chi connectivity index (χ4n) is 2.12. The van der Waals surface area contributed by atoms with E-state index in [1.807, 2.05) is 30.3 Å². The Balaban J connectivity index is 1.61. The van der Waals surface area contributed by atoms with Crippen molar-refractivity contribution in [1.82, 2.24) is 15.5 Å². The normalized spacial score (nSPS) is 9.88. The maximum absolute atomic E-state index is 13.4. The van der Waals surface area contributed by atoms with Gasteiger partial charge in [0.05, 0.1) is 17.8 Å². The number of nitrogens with one attached hydrogen (secondary N) is 2. The Bertz CT molecular complexity index is 907. The molecular formula is C19H14FN3O. The van der Waals surface area contributed by atoms with E-state index in [4.69, 9.17) is 0 Å². The third kappa shape index (κ3) is 3.68. The fraction of sp³-hybridized carbons (Fsp3) is 0.0526. The molecule has 24 heavy (non-hydrogen) atoms. The molecule has 0 atom stereocenters. The molecule has 0 radical (unpaired) electrons. The van der Waals surface area contributed by atoms with Gasteiger partial charge in [-0.3, -0.25) is 9.89 Å². The summed E-state index contributed by atoms with van der Waals surface area (Å²) < 4.78 is 13.4. The number of benzene rings is 2. The summed E-state index contributed by atoms with van der Waals surface area (Å²) in [5, 5.41) is 9.47. The number of halogens is 1. The van der Waals surface area contributed by atoms with Crippen molar-refractivity contribution < 1.29 is 9.18 Å². The zero-order chi connectivity index (χ0) is 16.8. The summed E-state index contributed by atoms with van der Waals surface area (Å²) in [6.45, 7) is 0.118. The lowest BCUT2D eigenvalue weighted by molar-refractivity contribution is 0.0953. The van der Waals surface area contributed by atoms with Crippen LogP contribution >= 0.6 is 0 Å². The van der Waals surface area contributed by atoms with Crippen LogP contribution < -0.4 is 5.32 Å². The van der Waals surface area contributed by atoms with Gasteiger partial charge in [-0.1, -0.05) is 54.3 Å². The first-order valence-electron chi connectivity index (χ1n) is 7.36. The van der Waals surface area contributed by atoms with Crippen molar-refractivity contribution in [2.75, 3.05) is 6.54 Å². The van der Waals surface area contributed by atoms with Gasteiger partial charge in [0.2, 0.25) is 0 Å². The second-order valence-corrected chi connectivity index (χ2v) is 5.00. The van der Waals surface area contributed by atoms with Crippen LogP contribution in [0, 0.1) is 17.7 Å². The Morgan fingerprint density at radius 2 is 1.88 bits per heavy atom. The molecular weight excluding hydrogens is 305 g/mol. The average molecular weight is 319 g/mol. The van der Waals surface area contributed by atoms with Crippen molar-refractivity contribution in [1.29, 1.82) is 0 Å². The van der Waals surface area contributed by atoms with E-state index in [1.165, 1.54) is 6.07 Å². The van der Waals surface area contributed by atoms with Crippen LogP contribution in [0.15, 0.2) is 60.7 Å². The number of hydrogen-bond donors (Lipinski definition) is 2. The first kappa shape index (κ1) is 15.5. The molecule has 0 bridgehead atoms. The monoisotopic (exact) mass is 319 g/mol. The highest BCUT2D eigenvalue weighted by molar-refractivity contribution is 5.93. The molecule has 4 nitrogen and oxygen atoms in total. The zero-order valence-electron chi connectivity index (χ0n) is 12.7. The topological polar surface area (TPSA) is 57.8 Å². The average Bonchev–Trinajstić information content (AvgIpc) is 3.11. The summed E-state index contributed by atoms with van der Waals surface area (Å²) in [6, 6.07) is 17.5. The van der Waals surface area contributed by atoms with Crippen molar-refractivity contribution in [2.24, 2.45) is 0 Å². The van der Waals surface area contributed by atoms with E-state index in [2.05, 4.69) is 27.4 Å². The van der Waals surface area contributed by atoms with Crippen LogP contribution in [0.1, 0.15) is 16.1 Å². The van der Waals surface area contributed by atoms with Crippen LogP contribution in [0.2, 0.25) is 0 Å². The predicted molar refractivity (Wildman–Crippen MR) is 89.6 cm³/mol. The number of nitrogens with zero attached hydrogens (tertiary/aromatic N) is 1. The minimum Gasteiger partial charge on any atom is -0.340 e. The Morgan fingerprint density at radius 1 is 1.12 bits per heavy atom. The van der Waals surface area contributed by atoms with Gasteiger partial charge < -0.3 is 5.32 Å². The number of hydrogen-bond acceptors (Lipinski definition) is 2. The summed E-state index contributed by atoms with van der Waals surface area (Å²) >= 11 is 0. The molecule has 1 aromatic heterocycles. The van der Waals surface area contributed by atoms with Crippen LogP contribution in [0.25, 0.3) is 11.3 Å². The standard InChI is InChI=1S/C19H14FN3O/c20-16-11-5-4-7-14(16)10-6-12-21-19(24)18-13-17(22-23-18)15-8-2-1-3-9-15/h1-5,7-9,11,13H,12H2,(H,21,24)(H,22,23). The van der Waals surface area contributed by atoms with Gasteiger partial charge in [0.1, 0.15) is 11.5 Å². The molecule has 5 heteroatoms. The van der Waals surface area contributed by atoms with Crippen LogP contribution in [0.4, 0.5) is 4.39 Å². The van der Waals surface area contributed by atoms with E-state index in [-0.39, 0.29) is 18.3 Å². The molecule has 0 saturated heterocycles. The van der Waals surface area contributed by atoms with E-state index >= 15 is 0 Å². The molecule has 0 aliphatic carbocycles. The zero-order valence-corrected chi connectivity index (χ0v) is 12.7. The molecule has 118 valence electrons. The molecule has 0 spiro atoms. The number of carbonyl (C=O) groups is 1. The quantitative estimate of drug-likeness (QED) is 0.729. The minimum absolute atomic E-state index is 0.118. The number of aromatic amines is 1. The van der Waals surface area contributed by atoms with Gasteiger partial charge in [0.15, 0.2) is 0 Å². The highest BCUT2D eigenvalue weighted by Crippen LogP contribution is 2.16. The Morgan fingerprint density at radius 3 is 2.67 bits per heavy atom. The molecule has 3 aromatic rings. The molecule has 1 amide bonds. The van der Waals surface area contributed by atoms with Gasteiger partial charge >= 0.3 is 0 Å². The van der Waals surface area contributed by atoms with Gasteiger partial charge in [-0.25, -0.2) is 4.39 Å². The molecule has 2 aromatic carbocycles. The minimum atomic E-state index is -0.377. The highest BCUT2D eigenvalue weighted by Gasteiger charge is 2.09. The third-order valence-corrected chi connectivity index (χ3v) is 3.33. The van der Waals surface area contributed by atoms with E-state index in [9.17, 15) is 9.18 Å². The Labute approximate surface area is 138 Å². The largest absolute Gasteiger partial charge is 0.340 e. The summed E-state index contributed by atoms with van der Waals surface area (Å²) in [6.07, 6.45) is 0. The summed E-state index contributed by atoms with van der Waals surface area (Å²) in [5.41, 5.74) is 2.27. The van der Waals surface area contributed by atoms with Gasteiger partial charge in [0.25, 0.3) is 5.91 Å². The Hall–Kier alpha value is -3.39. The summed E-state index contributed by atoms with van der Waals surface area (Å²) in [7, 11) is 0. The fourth-order valence-corrected chi connectivity index (χ4v) is 2.12. The molecule has 2 N–H and O–H groups in total. The van der Waals surface area contributed by atoms with Crippen molar-refractivity contribution in [2.45, 2.75) is 0 Å². The predicted octanol–water partition coefficient (Wildman–Crippen LogP) is 3.00.